The van der Waals surface area contributed by atoms with Gasteiger partial charge in [-0.3, -0.25) is 4.79 Å². The van der Waals surface area contributed by atoms with E-state index in [1.54, 1.807) is 7.11 Å². The van der Waals surface area contributed by atoms with Gasteiger partial charge in [-0.15, -0.1) is 0 Å². The maximum absolute atomic E-state index is 11.3. The number of ether oxygens (including phenoxy) is 1. The third-order valence-corrected chi connectivity index (χ3v) is 4.14. The van der Waals surface area contributed by atoms with E-state index in [0.29, 0.717) is 12.2 Å². The highest BCUT2D eigenvalue weighted by Gasteiger charge is 2.22. The summed E-state index contributed by atoms with van der Waals surface area (Å²) in [5, 5.41) is 12.3. The highest BCUT2D eigenvalue weighted by Crippen LogP contribution is 2.29. The van der Waals surface area contributed by atoms with E-state index >= 15 is 0 Å². The molecular formula is C18H19NO3. The van der Waals surface area contributed by atoms with Gasteiger partial charge < -0.3 is 15.2 Å². The summed E-state index contributed by atoms with van der Waals surface area (Å²) < 4.78 is 5.22. The van der Waals surface area contributed by atoms with E-state index in [1.165, 1.54) is 5.56 Å². The predicted molar refractivity (Wildman–Crippen MR) is 84.7 cm³/mol. The molecule has 114 valence electrons. The molecule has 22 heavy (non-hydrogen) atoms. The molecule has 4 heteroatoms. The van der Waals surface area contributed by atoms with E-state index in [9.17, 15) is 9.90 Å². The summed E-state index contributed by atoms with van der Waals surface area (Å²) in [6.45, 7) is 0.667. The molecule has 3 rings (SSSR count). The minimum Gasteiger partial charge on any atom is -0.496 e. The molecule has 2 aromatic carbocycles. The number of carbonyl (C=O) groups is 1. The molecule has 1 unspecified atom stereocenters. The zero-order valence-electron chi connectivity index (χ0n) is 12.5. The van der Waals surface area contributed by atoms with Crippen LogP contribution < -0.4 is 10.1 Å². The average molecular weight is 297 g/mol. The minimum atomic E-state index is -0.0506. The predicted octanol–water partition coefficient (Wildman–Crippen LogP) is 2.46. The minimum absolute atomic E-state index is 0.0506. The second kappa shape index (κ2) is 6.20. The van der Waals surface area contributed by atoms with Crippen molar-refractivity contribution in [3.8, 4) is 16.9 Å². The molecule has 1 heterocycles. The topological polar surface area (TPSA) is 58.6 Å². The molecule has 1 aliphatic heterocycles. The number of rotatable bonds is 4. The van der Waals surface area contributed by atoms with Gasteiger partial charge in [0, 0.05) is 24.4 Å². The highest BCUT2D eigenvalue weighted by atomic mass is 16.5. The highest BCUT2D eigenvalue weighted by molar-refractivity contribution is 5.79. The summed E-state index contributed by atoms with van der Waals surface area (Å²) in [6, 6.07) is 14.0. The lowest BCUT2D eigenvalue weighted by atomic mass is 9.95. The first-order valence-corrected chi connectivity index (χ1v) is 7.36. The second-order valence-electron chi connectivity index (χ2n) is 5.51. The first-order chi connectivity index (χ1) is 10.7. The van der Waals surface area contributed by atoms with E-state index in [0.717, 1.165) is 23.2 Å². The molecule has 0 aliphatic carbocycles. The molecule has 1 saturated heterocycles. The van der Waals surface area contributed by atoms with Gasteiger partial charge in [-0.2, -0.15) is 0 Å². The van der Waals surface area contributed by atoms with Gasteiger partial charge in [0.15, 0.2) is 0 Å². The van der Waals surface area contributed by atoms with Gasteiger partial charge in [-0.25, -0.2) is 0 Å². The Morgan fingerprint density at radius 2 is 1.91 bits per heavy atom. The van der Waals surface area contributed by atoms with Crippen LogP contribution in [0.15, 0.2) is 42.5 Å². The average Bonchev–Trinajstić information content (AvgIpc) is 3.01. The Morgan fingerprint density at radius 1 is 1.18 bits per heavy atom. The van der Waals surface area contributed by atoms with Gasteiger partial charge in [-0.1, -0.05) is 30.3 Å². The molecule has 0 saturated carbocycles. The second-order valence-corrected chi connectivity index (χ2v) is 5.51. The van der Waals surface area contributed by atoms with Crippen molar-refractivity contribution in [2.24, 2.45) is 0 Å². The van der Waals surface area contributed by atoms with Crippen molar-refractivity contribution in [2.75, 3.05) is 13.7 Å². The number of hydrogen-bond donors (Lipinski definition) is 2. The van der Waals surface area contributed by atoms with Crippen LogP contribution in [0.2, 0.25) is 0 Å². The fourth-order valence-corrected chi connectivity index (χ4v) is 2.87. The third kappa shape index (κ3) is 2.83. The first-order valence-electron chi connectivity index (χ1n) is 7.36. The van der Waals surface area contributed by atoms with Crippen LogP contribution in [0.1, 0.15) is 23.5 Å². The largest absolute Gasteiger partial charge is 0.496 e. The van der Waals surface area contributed by atoms with Gasteiger partial charge in [0.1, 0.15) is 5.75 Å². The molecule has 1 amide bonds. The van der Waals surface area contributed by atoms with Crippen molar-refractivity contribution in [3.63, 3.8) is 0 Å². The fraction of sp³-hybridized carbons (Fsp3) is 0.278. The van der Waals surface area contributed by atoms with E-state index < -0.39 is 0 Å². The van der Waals surface area contributed by atoms with Crippen LogP contribution >= 0.6 is 0 Å². The Bertz CT molecular complexity index is 679. The molecule has 1 fully saturated rings. The standard InChI is InChI=1S/C18H19NO3/c1-22-17-7-6-14(8-16(17)11-20)12-2-4-13(5-3-12)15-9-18(21)19-10-15/h2-8,15,20H,9-11H2,1H3,(H,19,21). The van der Waals surface area contributed by atoms with Crippen LogP contribution in [0.4, 0.5) is 0 Å². The number of amides is 1. The van der Waals surface area contributed by atoms with Gasteiger partial charge in [-0.05, 0) is 28.8 Å². The zero-order valence-corrected chi connectivity index (χ0v) is 12.5. The van der Waals surface area contributed by atoms with Gasteiger partial charge in [0.05, 0.1) is 13.7 Å². The van der Waals surface area contributed by atoms with Crippen molar-refractivity contribution in [3.05, 3.63) is 53.6 Å². The molecular weight excluding hydrogens is 278 g/mol. The lowest BCUT2D eigenvalue weighted by Crippen LogP contribution is -2.13. The summed E-state index contributed by atoms with van der Waals surface area (Å²) >= 11 is 0. The third-order valence-electron chi connectivity index (χ3n) is 4.14. The van der Waals surface area contributed by atoms with Gasteiger partial charge in [0.25, 0.3) is 0 Å². The number of aliphatic hydroxyl groups is 1. The molecule has 4 nitrogen and oxygen atoms in total. The monoisotopic (exact) mass is 297 g/mol. The number of benzene rings is 2. The molecule has 0 bridgehead atoms. The van der Waals surface area contributed by atoms with Crippen LogP contribution in [-0.4, -0.2) is 24.7 Å². The molecule has 2 aromatic rings. The van der Waals surface area contributed by atoms with Crippen molar-refractivity contribution >= 4 is 5.91 Å². The Balaban J connectivity index is 1.85. The number of aliphatic hydroxyl groups excluding tert-OH is 1. The van der Waals surface area contributed by atoms with Crippen LogP contribution in [0, 0.1) is 0 Å². The van der Waals surface area contributed by atoms with Crippen molar-refractivity contribution in [2.45, 2.75) is 18.9 Å². The smallest absolute Gasteiger partial charge is 0.220 e. The molecule has 0 aromatic heterocycles. The Labute approximate surface area is 129 Å². The van der Waals surface area contributed by atoms with Gasteiger partial charge >= 0.3 is 0 Å². The van der Waals surface area contributed by atoms with E-state index in [4.69, 9.17) is 4.74 Å². The Morgan fingerprint density at radius 3 is 2.50 bits per heavy atom. The normalized spacial score (nSPS) is 17.4. The molecule has 0 spiro atoms. The summed E-state index contributed by atoms with van der Waals surface area (Å²) in [6.07, 6.45) is 0.566. The Hall–Kier alpha value is -2.33. The summed E-state index contributed by atoms with van der Waals surface area (Å²) in [7, 11) is 1.60. The molecule has 2 N–H and O–H groups in total. The number of methoxy groups -OCH3 is 1. The molecule has 0 radical (unpaired) electrons. The number of hydrogen-bond acceptors (Lipinski definition) is 3. The van der Waals surface area contributed by atoms with Crippen molar-refractivity contribution < 1.29 is 14.6 Å². The van der Waals surface area contributed by atoms with Gasteiger partial charge in [0.2, 0.25) is 5.91 Å². The maximum atomic E-state index is 11.3. The van der Waals surface area contributed by atoms with Crippen molar-refractivity contribution in [1.29, 1.82) is 0 Å². The van der Waals surface area contributed by atoms with Crippen LogP contribution in [0.3, 0.4) is 0 Å². The zero-order chi connectivity index (χ0) is 15.5. The van der Waals surface area contributed by atoms with Crippen LogP contribution in [0.5, 0.6) is 5.75 Å². The summed E-state index contributed by atoms with van der Waals surface area (Å²) in [5.74, 6) is 1.08. The maximum Gasteiger partial charge on any atom is 0.220 e. The van der Waals surface area contributed by atoms with E-state index in [2.05, 4.69) is 29.6 Å². The SMILES string of the molecule is COc1ccc(-c2ccc(C3CNC(=O)C3)cc2)cc1CO. The summed E-state index contributed by atoms with van der Waals surface area (Å²) in [4.78, 5) is 11.3. The molecule has 1 aliphatic rings. The molecule has 1 atom stereocenters. The number of carbonyl (C=O) groups excluding carboxylic acids is 1. The van der Waals surface area contributed by atoms with E-state index in [-0.39, 0.29) is 18.4 Å². The number of nitrogens with one attached hydrogen (secondary N) is 1. The van der Waals surface area contributed by atoms with Crippen molar-refractivity contribution in [1.82, 2.24) is 5.32 Å². The van der Waals surface area contributed by atoms with Crippen LogP contribution in [0.25, 0.3) is 11.1 Å². The quantitative estimate of drug-likeness (QED) is 0.911. The van der Waals surface area contributed by atoms with E-state index in [1.807, 2.05) is 18.2 Å². The first kappa shape index (κ1) is 14.6. The lowest BCUT2D eigenvalue weighted by Gasteiger charge is -2.11. The van der Waals surface area contributed by atoms with Crippen LogP contribution in [-0.2, 0) is 11.4 Å². The lowest BCUT2D eigenvalue weighted by molar-refractivity contribution is -0.119. The Kier molecular flexibility index (Phi) is 4.11. The summed E-state index contributed by atoms with van der Waals surface area (Å²) in [5.41, 5.74) is 4.07. The fourth-order valence-electron chi connectivity index (χ4n) is 2.87.